The van der Waals surface area contributed by atoms with Crippen LogP contribution in [0.25, 0.3) is 0 Å². The van der Waals surface area contributed by atoms with Crippen LogP contribution in [0.15, 0.2) is 35.4 Å². The molecular formula is C20H28N4O5. The summed E-state index contributed by atoms with van der Waals surface area (Å²) in [4.78, 5) is 36.4. The van der Waals surface area contributed by atoms with Gasteiger partial charge in [0.05, 0.1) is 12.3 Å². The third-order valence-corrected chi connectivity index (χ3v) is 3.84. The molecule has 1 heterocycles. The predicted octanol–water partition coefficient (Wildman–Crippen LogP) is 1.83. The maximum absolute atomic E-state index is 12.7. The first-order valence-electron chi connectivity index (χ1n) is 9.54. The van der Waals surface area contributed by atoms with E-state index in [-0.39, 0.29) is 37.7 Å². The fourth-order valence-electron chi connectivity index (χ4n) is 2.65. The molecule has 0 spiro atoms. The van der Waals surface area contributed by atoms with Crippen molar-refractivity contribution in [2.45, 2.75) is 45.8 Å². The molecule has 0 aliphatic carbocycles. The number of para-hydroxylation sites is 1. The van der Waals surface area contributed by atoms with E-state index in [1.165, 1.54) is 5.01 Å². The third-order valence-electron chi connectivity index (χ3n) is 3.84. The van der Waals surface area contributed by atoms with Crippen molar-refractivity contribution in [3.8, 4) is 0 Å². The van der Waals surface area contributed by atoms with Crippen molar-refractivity contribution >= 4 is 29.4 Å². The summed E-state index contributed by atoms with van der Waals surface area (Å²) in [6.45, 7) is 7.69. The number of ether oxygens (including phenoxy) is 2. The van der Waals surface area contributed by atoms with Crippen molar-refractivity contribution < 1.29 is 23.9 Å². The molecular weight excluding hydrogens is 376 g/mol. The van der Waals surface area contributed by atoms with Gasteiger partial charge >= 0.3 is 12.1 Å². The van der Waals surface area contributed by atoms with Crippen LogP contribution >= 0.6 is 0 Å². The van der Waals surface area contributed by atoms with E-state index in [0.29, 0.717) is 5.69 Å². The maximum Gasteiger partial charge on any atom is 0.407 e. The molecule has 1 aromatic carbocycles. The summed E-state index contributed by atoms with van der Waals surface area (Å²) in [7, 11) is 0. The Morgan fingerprint density at radius 1 is 1.14 bits per heavy atom. The average molecular weight is 404 g/mol. The van der Waals surface area contributed by atoms with Crippen molar-refractivity contribution in [2.75, 3.05) is 24.7 Å². The summed E-state index contributed by atoms with van der Waals surface area (Å²) in [5, 5.41) is 11.2. The molecule has 9 heteroatoms. The highest BCUT2D eigenvalue weighted by atomic mass is 16.6. The summed E-state index contributed by atoms with van der Waals surface area (Å²) in [5.74, 6) is -0.835. The smallest absolute Gasteiger partial charge is 0.407 e. The molecule has 2 N–H and O–H groups in total. The summed E-state index contributed by atoms with van der Waals surface area (Å²) >= 11 is 0. The van der Waals surface area contributed by atoms with Gasteiger partial charge in [-0.2, -0.15) is 5.10 Å². The van der Waals surface area contributed by atoms with Crippen LogP contribution in [-0.4, -0.2) is 55.0 Å². The maximum atomic E-state index is 12.7. The van der Waals surface area contributed by atoms with Crippen LogP contribution < -0.4 is 15.6 Å². The third kappa shape index (κ3) is 6.78. The molecule has 0 bridgehead atoms. The zero-order valence-electron chi connectivity index (χ0n) is 17.2. The van der Waals surface area contributed by atoms with Crippen molar-refractivity contribution in [3.63, 3.8) is 0 Å². The summed E-state index contributed by atoms with van der Waals surface area (Å²) < 4.78 is 10.2. The Balaban J connectivity index is 1.95. The van der Waals surface area contributed by atoms with E-state index in [0.717, 1.165) is 0 Å². The van der Waals surface area contributed by atoms with Crippen LogP contribution in [0.4, 0.5) is 10.5 Å². The number of hydrazone groups is 1. The van der Waals surface area contributed by atoms with E-state index in [1.807, 2.05) is 30.3 Å². The van der Waals surface area contributed by atoms with Crippen LogP contribution in [0.5, 0.6) is 0 Å². The lowest BCUT2D eigenvalue weighted by Gasteiger charge is -2.23. The molecule has 0 saturated carbocycles. The molecule has 2 rings (SSSR count). The number of carbonyl (C=O) groups excluding carboxylic acids is 3. The van der Waals surface area contributed by atoms with Gasteiger partial charge in [-0.1, -0.05) is 18.2 Å². The Morgan fingerprint density at radius 2 is 1.79 bits per heavy atom. The number of nitrogens with one attached hydrogen (secondary N) is 2. The highest BCUT2D eigenvalue weighted by Gasteiger charge is 2.36. The Kier molecular flexibility index (Phi) is 7.58. The van der Waals surface area contributed by atoms with Gasteiger partial charge in [0, 0.05) is 19.5 Å². The fourth-order valence-corrected chi connectivity index (χ4v) is 2.65. The Bertz CT molecular complexity index is 758. The lowest BCUT2D eigenvalue weighted by atomic mass is 10.1. The molecule has 0 fully saturated rings. The standard InChI is InChI=1S/C20H28N4O5/c1-5-28-18(26)15-13-16(24(23-15)14-9-7-6-8-10-14)17(25)21-11-12-22-19(27)29-20(2,3)4/h6-10,16H,5,11-13H2,1-4H3,(H,21,25)(H,22,27). The number of benzene rings is 1. The first-order chi connectivity index (χ1) is 13.7. The molecule has 0 aromatic heterocycles. The van der Waals surface area contributed by atoms with Gasteiger partial charge in [-0.25, -0.2) is 9.59 Å². The van der Waals surface area contributed by atoms with Crippen LogP contribution in [0.1, 0.15) is 34.1 Å². The van der Waals surface area contributed by atoms with E-state index >= 15 is 0 Å². The predicted molar refractivity (Wildman–Crippen MR) is 109 cm³/mol. The number of esters is 1. The molecule has 1 aliphatic heterocycles. The first kappa shape index (κ1) is 22.2. The first-order valence-corrected chi connectivity index (χ1v) is 9.54. The summed E-state index contributed by atoms with van der Waals surface area (Å²) in [5.41, 5.74) is 0.301. The molecule has 1 atom stereocenters. The molecule has 1 aromatic rings. The minimum absolute atomic E-state index is 0.138. The van der Waals surface area contributed by atoms with Crippen LogP contribution in [0, 0.1) is 0 Å². The zero-order valence-corrected chi connectivity index (χ0v) is 17.2. The van der Waals surface area contributed by atoms with Gasteiger partial charge in [0.15, 0.2) is 0 Å². The highest BCUT2D eigenvalue weighted by molar-refractivity contribution is 6.38. The number of carbonyl (C=O) groups is 3. The Morgan fingerprint density at radius 3 is 2.41 bits per heavy atom. The van der Waals surface area contributed by atoms with Gasteiger partial charge in [0.1, 0.15) is 17.4 Å². The number of hydrogen-bond acceptors (Lipinski definition) is 7. The molecule has 2 amide bonds. The van der Waals surface area contributed by atoms with Crippen molar-refractivity contribution in [1.29, 1.82) is 0 Å². The van der Waals surface area contributed by atoms with Gasteiger partial charge in [0.25, 0.3) is 0 Å². The minimum atomic E-state index is -0.682. The fraction of sp³-hybridized carbons (Fsp3) is 0.500. The van der Waals surface area contributed by atoms with E-state index in [4.69, 9.17) is 9.47 Å². The number of rotatable bonds is 7. The normalized spacial score (nSPS) is 16.1. The largest absolute Gasteiger partial charge is 0.461 e. The van der Waals surface area contributed by atoms with Crippen LogP contribution in [0.2, 0.25) is 0 Å². The second kappa shape index (κ2) is 9.90. The number of nitrogens with zero attached hydrogens (tertiary/aromatic N) is 2. The van der Waals surface area contributed by atoms with Crippen LogP contribution in [0.3, 0.4) is 0 Å². The van der Waals surface area contributed by atoms with Gasteiger partial charge in [-0.15, -0.1) is 0 Å². The van der Waals surface area contributed by atoms with Crippen molar-refractivity contribution in [3.05, 3.63) is 30.3 Å². The van der Waals surface area contributed by atoms with Gasteiger partial charge in [0.2, 0.25) is 5.91 Å². The number of amides is 2. The monoisotopic (exact) mass is 404 g/mol. The quantitative estimate of drug-likeness (QED) is 0.530. The highest BCUT2D eigenvalue weighted by Crippen LogP contribution is 2.25. The second-order valence-corrected chi connectivity index (χ2v) is 7.39. The van der Waals surface area contributed by atoms with Gasteiger partial charge in [-0.3, -0.25) is 9.80 Å². The van der Waals surface area contributed by atoms with Crippen LogP contribution in [-0.2, 0) is 19.1 Å². The van der Waals surface area contributed by atoms with E-state index < -0.39 is 23.7 Å². The zero-order chi connectivity index (χ0) is 21.4. The van der Waals surface area contributed by atoms with Gasteiger partial charge < -0.3 is 20.1 Å². The molecule has 1 unspecified atom stereocenters. The lowest BCUT2D eigenvalue weighted by molar-refractivity contribution is -0.135. The number of alkyl carbamates (subject to hydrolysis) is 1. The van der Waals surface area contributed by atoms with Crippen molar-refractivity contribution in [2.24, 2.45) is 5.10 Å². The van der Waals surface area contributed by atoms with Gasteiger partial charge in [-0.05, 0) is 39.8 Å². The molecule has 0 saturated heterocycles. The number of anilines is 1. The molecule has 0 radical (unpaired) electrons. The molecule has 29 heavy (non-hydrogen) atoms. The molecule has 158 valence electrons. The van der Waals surface area contributed by atoms with Crippen molar-refractivity contribution in [1.82, 2.24) is 10.6 Å². The van der Waals surface area contributed by atoms with E-state index in [1.54, 1.807) is 27.7 Å². The summed E-state index contributed by atoms with van der Waals surface area (Å²) in [6.07, 6.45) is -0.412. The average Bonchev–Trinajstić information content (AvgIpc) is 3.10. The Labute approximate surface area is 170 Å². The number of hydrogen-bond donors (Lipinski definition) is 2. The minimum Gasteiger partial charge on any atom is -0.461 e. The molecule has 1 aliphatic rings. The Hall–Kier alpha value is -3.10. The van der Waals surface area contributed by atoms with E-state index in [2.05, 4.69) is 15.7 Å². The lowest BCUT2D eigenvalue weighted by Crippen LogP contribution is -2.45. The van der Waals surface area contributed by atoms with E-state index in [9.17, 15) is 14.4 Å². The summed E-state index contributed by atoms with van der Waals surface area (Å²) in [6, 6.07) is 8.44. The second-order valence-electron chi connectivity index (χ2n) is 7.39. The SMILES string of the molecule is CCOC(=O)C1=NN(c2ccccc2)C(C(=O)NCCNC(=O)OC(C)(C)C)C1. The topological polar surface area (TPSA) is 109 Å². The molecule has 9 nitrogen and oxygen atoms in total.